The fourth-order valence-corrected chi connectivity index (χ4v) is 1.64. The fourth-order valence-electron chi connectivity index (χ4n) is 1.64. The molecule has 1 heterocycles. The highest BCUT2D eigenvalue weighted by Crippen LogP contribution is 2.23. The van der Waals surface area contributed by atoms with E-state index in [1.165, 1.54) is 0 Å². The van der Waals surface area contributed by atoms with Crippen LogP contribution in [0.3, 0.4) is 0 Å². The van der Waals surface area contributed by atoms with Crippen molar-refractivity contribution in [1.29, 1.82) is 0 Å². The molecule has 0 saturated heterocycles. The molecule has 2 rings (SSSR count). The number of carbonyl (C=O) groups excluding carboxylic acids is 1. The Labute approximate surface area is 116 Å². The number of nitrogens with zero attached hydrogens (tertiary/aromatic N) is 2. The summed E-state index contributed by atoms with van der Waals surface area (Å²) < 4.78 is 5.53. The minimum absolute atomic E-state index is 0.0541. The van der Waals surface area contributed by atoms with E-state index in [2.05, 4.69) is 15.6 Å². The number of amides is 2. The third-order valence-corrected chi connectivity index (χ3v) is 2.64. The van der Waals surface area contributed by atoms with Crippen LogP contribution in [0, 0.1) is 0 Å². The van der Waals surface area contributed by atoms with Crippen LogP contribution in [0.15, 0.2) is 22.6 Å². The number of carbonyl (C=O) groups is 1. The predicted molar refractivity (Wildman–Crippen MR) is 77.1 cm³/mol. The molecule has 7 nitrogen and oxygen atoms in total. The molecule has 108 valence electrons. The Hall–Kier alpha value is -2.28. The molecule has 0 radical (unpaired) electrons. The maximum atomic E-state index is 11.6. The molecule has 7 heteroatoms. The van der Waals surface area contributed by atoms with Gasteiger partial charge in [-0.15, -0.1) is 0 Å². The van der Waals surface area contributed by atoms with E-state index in [4.69, 9.17) is 9.52 Å². The van der Waals surface area contributed by atoms with E-state index in [1.54, 1.807) is 23.1 Å². The smallest absolute Gasteiger partial charge is 0.319 e. The molecule has 1 aromatic carbocycles. The summed E-state index contributed by atoms with van der Waals surface area (Å²) in [6.45, 7) is 0.484. The van der Waals surface area contributed by atoms with Gasteiger partial charge in [0.25, 0.3) is 6.01 Å². The standard InChI is InChI=1S/C13H18N4O3/c1-17(2)13-16-10-8-9(4-5-11(10)20-13)15-12(19)14-6-3-7-18/h4-5,8,18H,3,6-7H2,1-2H3,(H2,14,15,19). The summed E-state index contributed by atoms with van der Waals surface area (Å²) in [6.07, 6.45) is 0.530. The minimum atomic E-state index is -0.311. The van der Waals surface area contributed by atoms with Crippen molar-refractivity contribution in [2.75, 3.05) is 37.5 Å². The number of nitrogens with one attached hydrogen (secondary N) is 2. The van der Waals surface area contributed by atoms with E-state index in [1.807, 2.05) is 14.1 Å². The van der Waals surface area contributed by atoms with Crippen LogP contribution in [0.5, 0.6) is 0 Å². The topological polar surface area (TPSA) is 90.6 Å². The van der Waals surface area contributed by atoms with Crippen LogP contribution in [0.4, 0.5) is 16.5 Å². The highest BCUT2D eigenvalue weighted by Gasteiger charge is 2.09. The lowest BCUT2D eigenvalue weighted by atomic mass is 10.3. The van der Waals surface area contributed by atoms with E-state index in [-0.39, 0.29) is 12.6 Å². The van der Waals surface area contributed by atoms with Gasteiger partial charge in [0, 0.05) is 32.9 Å². The van der Waals surface area contributed by atoms with Gasteiger partial charge in [-0.2, -0.15) is 4.98 Å². The first-order valence-electron chi connectivity index (χ1n) is 6.34. The lowest BCUT2D eigenvalue weighted by Gasteiger charge is -2.06. The number of oxazole rings is 1. The zero-order chi connectivity index (χ0) is 14.5. The molecule has 0 atom stereocenters. The Morgan fingerprint density at radius 2 is 2.25 bits per heavy atom. The molecule has 0 aliphatic heterocycles. The van der Waals surface area contributed by atoms with Gasteiger partial charge in [-0.3, -0.25) is 0 Å². The number of fused-ring (bicyclic) bond motifs is 1. The fraction of sp³-hybridized carbons (Fsp3) is 0.385. The molecular formula is C13H18N4O3. The van der Waals surface area contributed by atoms with Crippen LogP contribution in [0.25, 0.3) is 11.1 Å². The molecular weight excluding hydrogens is 260 g/mol. The molecule has 0 unspecified atom stereocenters. The highest BCUT2D eigenvalue weighted by molar-refractivity contribution is 5.91. The number of aromatic nitrogens is 1. The van der Waals surface area contributed by atoms with Gasteiger partial charge < -0.3 is 25.1 Å². The van der Waals surface area contributed by atoms with Crippen molar-refractivity contribution in [2.45, 2.75) is 6.42 Å². The molecule has 1 aromatic heterocycles. The molecule has 0 aliphatic rings. The maximum Gasteiger partial charge on any atom is 0.319 e. The lowest BCUT2D eigenvalue weighted by Crippen LogP contribution is -2.29. The second kappa shape index (κ2) is 6.25. The van der Waals surface area contributed by atoms with E-state index in [0.29, 0.717) is 35.8 Å². The summed E-state index contributed by atoms with van der Waals surface area (Å²) in [6, 6.07) is 5.47. The molecule has 0 fully saturated rings. The molecule has 0 bridgehead atoms. The number of benzene rings is 1. The van der Waals surface area contributed by atoms with E-state index in [9.17, 15) is 4.79 Å². The van der Waals surface area contributed by atoms with Gasteiger partial charge in [-0.1, -0.05) is 0 Å². The van der Waals surface area contributed by atoms with Crippen molar-refractivity contribution in [3.8, 4) is 0 Å². The summed E-state index contributed by atoms with van der Waals surface area (Å²) in [7, 11) is 3.69. The van der Waals surface area contributed by atoms with Crippen molar-refractivity contribution >= 4 is 28.8 Å². The Bertz CT molecular complexity index is 594. The van der Waals surface area contributed by atoms with Crippen molar-refractivity contribution in [1.82, 2.24) is 10.3 Å². The summed E-state index contributed by atoms with van der Waals surface area (Å²) in [5, 5.41) is 14.0. The van der Waals surface area contributed by atoms with Crippen LogP contribution >= 0.6 is 0 Å². The third kappa shape index (κ3) is 3.39. The van der Waals surface area contributed by atoms with Gasteiger partial charge in [-0.05, 0) is 24.6 Å². The monoisotopic (exact) mass is 278 g/mol. The second-order valence-electron chi connectivity index (χ2n) is 4.53. The molecule has 0 saturated carbocycles. The second-order valence-corrected chi connectivity index (χ2v) is 4.53. The molecule has 0 spiro atoms. The number of urea groups is 1. The number of rotatable bonds is 5. The quantitative estimate of drug-likeness (QED) is 0.719. The Balaban J connectivity index is 2.05. The summed E-state index contributed by atoms with van der Waals surface area (Å²) in [5.74, 6) is 0. The third-order valence-electron chi connectivity index (χ3n) is 2.64. The normalized spacial score (nSPS) is 10.6. The minimum Gasteiger partial charge on any atom is -0.423 e. The van der Waals surface area contributed by atoms with Crippen LogP contribution < -0.4 is 15.5 Å². The average molecular weight is 278 g/mol. The van der Waals surface area contributed by atoms with Gasteiger partial charge >= 0.3 is 6.03 Å². The molecule has 20 heavy (non-hydrogen) atoms. The molecule has 2 aromatic rings. The number of hydrogen-bond acceptors (Lipinski definition) is 5. The van der Waals surface area contributed by atoms with Gasteiger partial charge in [0.15, 0.2) is 5.58 Å². The maximum absolute atomic E-state index is 11.6. The zero-order valence-corrected chi connectivity index (χ0v) is 11.5. The highest BCUT2D eigenvalue weighted by atomic mass is 16.4. The largest absolute Gasteiger partial charge is 0.423 e. The van der Waals surface area contributed by atoms with Gasteiger partial charge in [0.1, 0.15) is 5.52 Å². The first-order chi connectivity index (χ1) is 9.60. The number of hydrogen-bond donors (Lipinski definition) is 3. The van der Waals surface area contributed by atoms with E-state index < -0.39 is 0 Å². The van der Waals surface area contributed by atoms with Crippen LogP contribution in [0.2, 0.25) is 0 Å². The van der Waals surface area contributed by atoms with Gasteiger partial charge in [0.2, 0.25) is 0 Å². The molecule has 0 aliphatic carbocycles. The average Bonchev–Trinajstić information content (AvgIpc) is 2.82. The lowest BCUT2D eigenvalue weighted by molar-refractivity contribution is 0.249. The van der Waals surface area contributed by atoms with Crippen molar-refractivity contribution in [3.05, 3.63) is 18.2 Å². The predicted octanol–water partition coefficient (Wildman–Crippen LogP) is 1.40. The van der Waals surface area contributed by atoms with Gasteiger partial charge in [-0.25, -0.2) is 4.79 Å². The van der Waals surface area contributed by atoms with Crippen LogP contribution in [-0.4, -0.2) is 43.4 Å². The number of aliphatic hydroxyl groups is 1. The summed E-state index contributed by atoms with van der Waals surface area (Å²) >= 11 is 0. The van der Waals surface area contributed by atoms with E-state index in [0.717, 1.165) is 0 Å². The van der Waals surface area contributed by atoms with Crippen LogP contribution in [-0.2, 0) is 0 Å². The van der Waals surface area contributed by atoms with Crippen molar-refractivity contribution < 1.29 is 14.3 Å². The SMILES string of the molecule is CN(C)c1nc2cc(NC(=O)NCCCO)ccc2o1. The summed E-state index contributed by atoms with van der Waals surface area (Å²) in [5.41, 5.74) is 1.99. The molecule has 2 amide bonds. The van der Waals surface area contributed by atoms with Crippen molar-refractivity contribution in [3.63, 3.8) is 0 Å². The first kappa shape index (κ1) is 14.1. The molecule has 3 N–H and O–H groups in total. The van der Waals surface area contributed by atoms with Crippen molar-refractivity contribution in [2.24, 2.45) is 0 Å². The zero-order valence-electron chi connectivity index (χ0n) is 11.5. The van der Waals surface area contributed by atoms with E-state index >= 15 is 0 Å². The number of anilines is 2. The number of aliphatic hydroxyl groups excluding tert-OH is 1. The summed E-state index contributed by atoms with van der Waals surface area (Å²) in [4.78, 5) is 17.7. The first-order valence-corrected chi connectivity index (χ1v) is 6.34. The Morgan fingerprint density at radius 3 is 2.95 bits per heavy atom. The van der Waals surface area contributed by atoms with Crippen LogP contribution in [0.1, 0.15) is 6.42 Å². The Kier molecular flexibility index (Phi) is 4.41. The Morgan fingerprint density at radius 1 is 1.45 bits per heavy atom. The van der Waals surface area contributed by atoms with Gasteiger partial charge in [0.05, 0.1) is 0 Å².